The van der Waals surface area contributed by atoms with Crippen LogP contribution in [0.2, 0.25) is 0 Å². The number of alkyl halides is 2. The predicted molar refractivity (Wildman–Crippen MR) is 113 cm³/mol. The van der Waals surface area contributed by atoms with Crippen molar-refractivity contribution in [1.29, 1.82) is 0 Å². The minimum Gasteiger partial charge on any atom is -0.466 e. The smallest absolute Gasteiger partial charge is 0.350 e. The zero-order valence-corrected chi connectivity index (χ0v) is 19.6. The maximum absolute atomic E-state index is 13.7. The summed E-state index contributed by atoms with van der Waals surface area (Å²) in [6.45, 7) is 3.97. The molecule has 0 N–H and O–H groups in total. The van der Waals surface area contributed by atoms with E-state index in [0.29, 0.717) is 19.3 Å². The first kappa shape index (κ1) is 22.8. The summed E-state index contributed by atoms with van der Waals surface area (Å²) >= 11 is 11.4. The van der Waals surface area contributed by atoms with Crippen LogP contribution in [-0.2, 0) is 28.7 Å². The van der Waals surface area contributed by atoms with Gasteiger partial charge in [-0.2, -0.15) is 0 Å². The summed E-state index contributed by atoms with van der Waals surface area (Å²) in [5, 5.41) is 0. The summed E-state index contributed by atoms with van der Waals surface area (Å²) in [6, 6.07) is 0. The fraction of sp³-hybridized carbons (Fsp3) is 0.739. The predicted octanol–water partition coefficient (Wildman–Crippen LogP) is 3.96. The summed E-state index contributed by atoms with van der Waals surface area (Å²) in [5.74, 6) is -1.53. The minimum absolute atomic E-state index is 0.00204. The second-order valence-electron chi connectivity index (χ2n) is 9.98. The Hall–Kier alpha value is -1.40. The van der Waals surface area contributed by atoms with E-state index in [9.17, 15) is 19.2 Å². The van der Waals surface area contributed by atoms with Crippen molar-refractivity contribution in [2.24, 2.45) is 28.6 Å². The average Bonchev–Trinajstić information content (AvgIpc) is 3.00. The van der Waals surface area contributed by atoms with Crippen LogP contribution in [0.3, 0.4) is 0 Å². The molecule has 0 aromatic heterocycles. The monoisotopic (exact) mass is 470 g/mol. The van der Waals surface area contributed by atoms with Gasteiger partial charge in [0, 0.05) is 24.2 Å². The Kier molecular flexibility index (Phi) is 5.57. The van der Waals surface area contributed by atoms with Crippen molar-refractivity contribution in [2.45, 2.75) is 69.2 Å². The number of carbonyl (C=O) groups is 4. The molecule has 0 unspecified atom stereocenters. The second kappa shape index (κ2) is 7.58. The van der Waals surface area contributed by atoms with Crippen molar-refractivity contribution in [3.63, 3.8) is 0 Å². The van der Waals surface area contributed by atoms with Crippen LogP contribution in [0, 0.1) is 28.6 Å². The molecule has 4 aliphatic rings. The van der Waals surface area contributed by atoms with Crippen LogP contribution in [0.5, 0.6) is 0 Å². The molecule has 0 aromatic carbocycles. The van der Waals surface area contributed by atoms with Crippen LogP contribution >= 0.6 is 23.2 Å². The highest BCUT2D eigenvalue weighted by Crippen LogP contribution is 2.67. The van der Waals surface area contributed by atoms with Crippen LogP contribution in [0.4, 0.5) is 0 Å². The van der Waals surface area contributed by atoms with Crippen molar-refractivity contribution < 1.29 is 28.7 Å². The van der Waals surface area contributed by atoms with Gasteiger partial charge in [-0.05, 0) is 55.4 Å². The van der Waals surface area contributed by atoms with Crippen molar-refractivity contribution in [1.82, 2.24) is 0 Å². The SMILES string of the molecule is COC(=O)[C@@]1(OC(=O)C(Cl)Cl)CC[C@H]2[C@@H]3CCC4=CC(=O)CC[C@]4(C)[C@H]3C(=O)C[C@@]21C. The molecule has 0 saturated heterocycles. The van der Waals surface area contributed by atoms with E-state index in [2.05, 4.69) is 6.92 Å². The van der Waals surface area contributed by atoms with Gasteiger partial charge < -0.3 is 9.47 Å². The van der Waals surface area contributed by atoms with Gasteiger partial charge in [-0.3, -0.25) is 9.59 Å². The molecule has 0 heterocycles. The molecule has 8 heteroatoms. The Bertz CT molecular complexity index is 881. The van der Waals surface area contributed by atoms with Gasteiger partial charge in [0.05, 0.1) is 7.11 Å². The Balaban J connectivity index is 1.75. The zero-order valence-electron chi connectivity index (χ0n) is 18.0. The highest BCUT2D eigenvalue weighted by Gasteiger charge is 2.71. The number of hydrogen-bond acceptors (Lipinski definition) is 6. The molecule has 6 atom stereocenters. The molecule has 3 saturated carbocycles. The summed E-state index contributed by atoms with van der Waals surface area (Å²) in [6.07, 6.45) is 5.41. The number of fused-ring (bicyclic) bond motifs is 5. The fourth-order valence-electron chi connectivity index (χ4n) is 7.30. The van der Waals surface area contributed by atoms with Crippen molar-refractivity contribution in [3.8, 4) is 0 Å². The zero-order chi connectivity index (χ0) is 22.8. The third kappa shape index (κ3) is 3.12. The van der Waals surface area contributed by atoms with E-state index in [1.54, 1.807) is 6.08 Å². The molecule has 0 aromatic rings. The van der Waals surface area contributed by atoms with Gasteiger partial charge in [-0.15, -0.1) is 0 Å². The minimum atomic E-state index is -1.59. The molecule has 0 aliphatic heterocycles. The fourth-order valence-corrected chi connectivity index (χ4v) is 7.39. The highest BCUT2D eigenvalue weighted by molar-refractivity contribution is 6.53. The molecule has 170 valence electrons. The Morgan fingerprint density at radius 3 is 2.48 bits per heavy atom. The van der Waals surface area contributed by atoms with E-state index >= 15 is 0 Å². The van der Waals surface area contributed by atoms with Gasteiger partial charge >= 0.3 is 11.9 Å². The lowest BCUT2D eigenvalue weighted by atomic mass is 9.46. The molecule has 3 fully saturated rings. The normalized spacial score (nSPS) is 41.7. The van der Waals surface area contributed by atoms with Crippen molar-refractivity contribution in [3.05, 3.63) is 11.6 Å². The summed E-state index contributed by atoms with van der Waals surface area (Å²) in [5.41, 5.74) is -1.75. The number of ether oxygens (including phenoxy) is 2. The first-order valence-electron chi connectivity index (χ1n) is 10.9. The van der Waals surface area contributed by atoms with E-state index < -0.39 is 27.8 Å². The van der Waals surface area contributed by atoms with Gasteiger partial charge in [0.1, 0.15) is 5.78 Å². The average molecular weight is 471 g/mol. The first-order chi connectivity index (χ1) is 14.5. The van der Waals surface area contributed by atoms with Gasteiger partial charge in [0.25, 0.3) is 0 Å². The maximum Gasteiger partial charge on any atom is 0.350 e. The van der Waals surface area contributed by atoms with Crippen molar-refractivity contribution >= 4 is 46.7 Å². The van der Waals surface area contributed by atoms with Crippen LogP contribution in [0.15, 0.2) is 11.6 Å². The Labute approximate surface area is 192 Å². The Morgan fingerprint density at radius 2 is 1.84 bits per heavy atom. The van der Waals surface area contributed by atoms with Crippen LogP contribution in [0.1, 0.15) is 58.8 Å². The molecular formula is C23H28Cl2O6. The Morgan fingerprint density at radius 1 is 1.13 bits per heavy atom. The third-order valence-corrected chi connectivity index (χ3v) is 9.10. The lowest BCUT2D eigenvalue weighted by molar-refractivity contribution is -0.202. The highest BCUT2D eigenvalue weighted by atomic mass is 35.5. The standard InChI is InChI=1S/C23H28Cl2O6/c1-21-8-6-13(26)10-12(21)4-5-14-15-7-9-23(20(29)30-3,31-19(28)18(24)25)22(15,2)11-16(27)17(14)21/h10,14-15,17-18H,4-9,11H2,1-3H3/t14-,15-,17+,21-,22-,23-/m0/s1. The lowest BCUT2D eigenvalue weighted by Crippen LogP contribution is -2.62. The number of rotatable bonds is 3. The lowest BCUT2D eigenvalue weighted by Gasteiger charge is -2.57. The van der Waals surface area contributed by atoms with E-state index in [1.807, 2.05) is 6.92 Å². The molecule has 4 rings (SSSR count). The molecule has 31 heavy (non-hydrogen) atoms. The van der Waals surface area contributed by atoms with Crippen LogP contribution < -0.4 is 0 Å². The van der Waals surface area contributed by atoms with Gasteiger partial charge in [0.2, 0.25) is 10.4 Å². The number of hydrogen-bond donors (Lipinski definition) is 0. The number of halogens is 2. The van der Waals surface area contributed by atoms with Crippen LogP contribution in [0.25, 0.3) is 0 Å². The van der Waals surface area contributed by atoms with Gasteiger partial charge in [-0.1, -0.05) is 42.6 Å². The number of Topliss-reactive ketones (excluding diaryl/α,β-unsaturated/α-hetero) is 1. The number of carbonyl (C=O) groups excluding carboxylic acids is 4. The maximum atomic E-state index is 13.7. The van der Waals surface area contributed by atoms with Gasteiger partial charge in [0.15, 0.2) is 5.78 Å². The molecule has 4 aliphatic carbocycles. The molecule has 0 radical (unpaired) electrons. The third-order valence-electron chi connectivity index (χ3n) is 8.74. The second-order valence-corrected chi connectivity index (χ2v) is 11.1. The van der Waals surface area contributed by atoms with E-state index in [0.717, 1.165) is 18.4 Å². The summed E-state index contributed by atoms with van der Waals surface area (Å²) in [7, 11) is 1.25. The quantitative estimate of drug-likeness (QED) is 0.458. The number of methoxy groups -OCH3 is 1. The molecule has 0 spiro atoms. The number of esters is 2. The molecular weight excluding hydrogens is 443 g/mol. The number of allylic oxidation sites excluding steroid dienone is 1. The topological polar surface area (TPSA) is 86.7 Å². The molecule has 0 bridgehead atoms. The van der Waals surface area contributed by atoms with E-state index in [4.69, 9.17) is 32.7 Å². The summed E-state index contributed by atoms with van der Waals surface area (Å²) in [4.78, 5) is 49.6. The van der Waals surface area contributed by atoms with Crippen molar-refractivity contribution in [2.75, 3.05) is 7.11 Å². The largest absolute Gasteiger partial charge is 0.466 e. The molecule has 6 nitrogen and oxygen atoms in total. The summed E-state index contributed by atoms with van der Waals surface area (Å²) < 4.78 is 10.7. The van der Waals surface area contributed by atoms with E-state index in [-0.39, 0.29) is 47.6 Å². The van der Waals surface area contributed by atoms with E-state index in [1.165, 1.54) is 7.11 Å². The first-order valence-corrected chi connectivity index (χ1v) is 11.7. The van der Waals surface area contributed by atoms with Gasteiger partial charge in [-0.25, -0.2) is 9.59 Å². The number of ketones is 2. The van der Waals surface area contributed by atoms with Crippen LogP contribution in [-0.4, -0.2) is 41.1 Å². The molecule has 0 amide bonds.